The highest BCUT2D eigenvalue weighted by Gasteiger charge is 2.09. The molecule has 0 saturated heterocycles. The number of nitrogens with two attached hydrogens (primary N) is 1. The molecule has 0 radical (unpaired) electrons. The van der Waals surface area contributed by atoms with E-state index >= 15 is 0 Å². The Bertz CT molecular complexity index is 435. The Morgan fingerprint density at radius 2 is 2.05 bits per heavy atom. The Kier molecular flexibility index (Phi) is 6.72. The number of aromatic nitrogens is 2. The molecule has 20 heavy (non-hydrogen) atoms. The molecule has 0 spiro atoms. The summed E-state index contributed by atoms with van der Waals surface area (Å²) in [5.41, 5.74) is 3.46. The van der Waals surface area contributed by atoms with Gasteiger partial charge in [0.15, 0.2) is 0 Å². The first-order valence-electron chi connectivity index (χ1n) is 6.89. The van der Waals surface area contributed by atoms with Crippen LogP contribution in [0.1, 0.15) is 32.8 Å². The zero-order valence-corrected chi connectivity index (χ0v) is 12.4. The van der Waals surface area contributed by atoms with E-state index in [1.807, 2.05) is 6.92 Å². The Hall–Kier alpha value is -1.89. The lowest BCUT2D eigenvalue weighted by molar-refractivity contribution is -0.120. The summed E-state index contributed by atoms with van der Waals surface area (Å²) in [6, 6.07) is 0. The van der Waals surface area contributed by atoms with Crippen LogP contribution in [0.2, 0.25) is 0 Å². The minimum atomic E-state index is 0.0375. The fourth-order valence-corrected chi connectivity index (χ4v) is 1.72. The Morgan fingerprint density at radius 3 is 2.65 bits per heavy atom. The summed E-state index contributed by atoms with van der Waals surface area (Å²) < 4.78 is 0. The van der Waals surface area contributed by atoms with Crippen molar-refractivity contribution in [1.82, 2.24) is 15.3 Å². The van der Waals surface area contributed by atoms with Gasteiger partial charge < -0.3 is 16.1 Å². The van der Waals surface area contributed by atoms with Crippen molar-refractivity contribution in [3.63, 3.8) is 0 Å². The number of hydrogen-bond donors (Lipinski definition) is 4. The van der Waals surface area contributed by atoms with Crippen molar-refractivity contribution in [1.29, 1.82) is 0 Å². The van der Waals surface area contributed by atoms with Crippen LogP contribution in [0.15, 0.2) is 6.33 Å². The molecule has 0 aliphatic rings. The molecule has 0 saturated carbocycles. The minimum Gasteiger partial charge on any atom is -0.369 e. The van der Waals surface area contributed by atoms with Gasteiger partial charge in [-0.1, -0.05) is 20.8 Å². The number of hydrogen-bond acceptors (Lipinski definition) is 6. The second-order valence-electron chi connectivity index (χ2n) is 4.92. The molecule has 0 fully saturated rings. The topological polar surface area (TPSA) is 105 Å². The van der Waals surface area contributed by atoms with Gasteiger partial charge in [0.1, 0.15) is 18.0 Å². The summed E-state index contributed by atoms with van der Waals surface area (Å²) in [4.78, 5) is 19.8. The smallest absolute Gasteiger partial charge is 0.221 e. The van der Waals surface area contributed by atoms with Crippen molar-refractivity contribution in [2.75, 3.05) is 23.8 Å². The lowest BCUT2D eigenvalue weighted by Crippen LogP contribution is -2.28. The van der Waals surface area contributed by atoms with Crippen LogP contribution in [-0.2, 0) is 11.2 Å². The summed E-state index contributed by atoms with van der Waals surface area (Å²) in [5.74, 6) is 7.22. The number of nitrogens with one attached hydrogen (secondary N) is 3. The molecule has 1 aromatic rings. The van der Waals surface area contributed by atoms with Gasteiger partial charge in [-0.25, -0.2) is 15.8 Å². The predicted octanol–water partition coefficient (Wildman–Crippen LogP) is 0.899. The van der Waals surface area contributed by atoms with Crippen molar-refractivity contribution in [3.05, 3.63) is 11.9 Å². The number of nitrogen functional groups attached to an aromatic ring is 1. The molecule has 1 rings (SSSR count). The molecule has 1 amide bonds. The van der Waals surface area contributed by atoms with Crippen molar-refractivity contribution >= 4 is 17.5 Å². The number of carbonyl (C=O) groups excluding carboxylic acids is 1. The maximum absolute atomic E-state index is 11.6. The van der Waals surface area contributed by atoms with Crippen LogP contribution in [0.5, 0.6) is 0 Å². The molecule has 1 heterocycles. The third-order valence-electron chi connectivity index (χ3n) is 2.79. The van der Waals surface area contributed by atoms with E-state index in [4.69, 9.17) is 5.84 Å². The summed E-state index contributed by atoms with van der Waals surface area (Å²) in [6.45, 7) is 7.36. The third-order valence-corrected chi connectivity index (χ3v) is 2.79. The van der Waals surface area contributed by atoms with Crippen LogP contribution in [0.3, 0.4) is 0 Å². The average Bonchev–Trinajstić information content (AvgIpc) is 2.44. The molecule has 0 bridgehead atoms. The largest absolute Gasteiger partial charge is 0.369 e. The maximum Gasteiger partial charge on any atom is 0.221 e. The van der Waals surface area contributed by atoms with E-state index in [2.05, 4.69) is 39.9 Å². The van der Waals surface area contributed by atoms with E-state index in [1.165, 1.54) is 6.33 Å². The second kappa shape index (κ2) is 8.31. The van der Waals surface area contributed by atoms with Gasteiger partial charge >= 0.3 is 0 Å². The van der Waals surface area contributed by atoms with Gasteiger partial charge in [0.2, 0.25) is 5.91 Å². The van der Waals surface area contributed by atoms with E-state index in [1.54, 1.807) is 0 Å². The molecule has 7 heteroatoms. The van der Waals surface area contributed by atoms with E-state index < -0.39 is 0 Å². The standard InChI is InChI=1S/C13H24N6O/c1-4-10-12(17-8-18-13(10)19-14)15-6-5-11(20)16-7-9(2)3/h8-9H,4-7,14H2,1-3H3,(H,16,20)(H2,15,17,18,19). The van der Waals surface area contributed by atoms with Gasteiger partial charge in [-0.15, -0.1) is 0 Å². The monoisotopic (exact) mass is 280 g/mol. The highest BCUT2D eigenvalue weighted by Crippen LogP contribution is 2.19. The number of nitrogens with zero attached hydrogens (tertiary/aromatic N) is 2. The highest BCUT2D eigenvalue weighted by atomic mass is 16.1. The fraction of sp³-hybridized carbons (Fsp3) is 0.615. The van der Waals surface area contributed by atoms with Crippen molar-refractivity contribution < 1.29 is 4.79 Å². The Labute approximate surface area is 119 Å². The number of anilines is 2. The van der Waals surface area contributed by atoms with Gasteiger partial charge in [0, 0.05) is 25.1 Å². The van der Waals surface area contributed by atoms with E-state index in [9.17, 15) is 4.79 Å². The van der Waals surface area contributed by atoms with Gasteiger partial charge in [-0.2, -0.15) is 0 Å². The van der Waals surface area contributed by atoms with Crippen molar-refractivity contribution in [2.45, 2.75) is 33.6 Å². The van der Waals surface area contributed by atoms with E-state index in [-0.39, 0.29) is 5.91 Å². The summed E-state index contributed by atoms with van der Waals surface area (Å²) >= 11 is 0. The number of hydrazine groups is 1. The van der Waals surface area contributed by atoms with Gasteiger partial charge in [0.25, 0.3) is 0 Å². The first-order valence-corrected chi connectivity index (χ1v) is 6.89. The number of carbonyl (C=O) groups is 1. The first-order chi connectivity index (χ1) is 9.58. The summed E-state index contributed by atoms with van der Waals surface area (Å²) in [7, 11) is 0. The molecule has 112 valence electrons. The van der Waals surface area contributed by atoms with Crippen LogP contribution in [0.25, 0.3) is 0 Å². The molecular formula is C13H24N6O. The molecule has 0 aliphatic heterocycles. The van der Waals surface area contributed by atoms with E-state index in [0.29, 0.717) is 37.1 Å². The zero-order chi connectivity index (χ0) is 15.0. The number of rotatable bonds is 8. The summed E-state index contributed by atoms with van der Waals surface area (Å²) in [5, 5.41) is 6.03. The molecule has 7 nitrogen and oxygen atoms in total. The van der Waals surface area contributed by atoms with Gasteiger partial charge in [-0.3, -0.25) is 4.79 Å². The Balaban J connectivity index is 2.48. The molecule has 0 atom stereocenters. The molecular weight excluding hydrogens is 256 g/mol. The van der Waals surface area contributed by atoms with E-state index in [0.717, 1.165) is 12.0 Å². The Morgan fingerprint density at radius 1 is 1.35 bits per heavy atom. The average molecular weight is 280 g/mol. The van der Waals surface area contributed by atoms with Crippen molar-refractivity contribution in [2.24, 2.45) is 11.8 Å². The van der Waals surface area contributed by atoms with Crippen LogP contribution in [0.4, 0.5) is 11.6 Å². The van der Waals surface area contributed by atoms with Gasteiger partial charge in [0.05, 0.1) is 0 Å². The van der Waals surface area contributed by atoms with Crippen LogP contribution < -0.4 is 21.9 Å². The molecule has 0 unspecified atom stereocenters. The quantitative estimate of drug-likeness (QED) is 0.416. The van der Waals surface area contributed by atoms with Crippen molar-refractivity contribution in [3.8, 4) is 0 Å². The third kappa shape index (κ3) is 5.00. The maximum atomic E-state index is 11.6. The van der Waals surface area contributed by atoms with Gasteiger partial charge in [-0.05, 0) is 12.3 Å². The summed E-state index contributed by atoms with van der Waals surface area (Å²) in [6.07, 6.45) is 2.60. The predicted molar refractivity (Wildman–Crippen MR) is 80.2 cm³/mol. The number of amides is 1. The molecule has 5 N–H and O–H groups in total. The molecule has 1 aromatic heterocycles. The lowest BCUT2D eigenvalue weighted by atomic mass is 10.2. The minimum absolute atomic E-state index is 0.0375. The van der Waals surface area contributed by atoms with Crippen LogP contribution in [-0.4, -0.2) is 29.0 Å². The molecule has 0 aromatic carbocycles. The zero-order valence-electron chi connectivity index (χ0n) is 12.4. The molecule has 0 aliphatic carbocycles. The lowest BCUT2D eigenvalue weighted by Gasteiger charge is -2.13. The normalized spacial score (nSPS) is 10.4. The highest BCUT2D eigenvalue weighted by molar-refractivity contribution is 5.76. The second-order valence-corrected chi connectivity index (χ2v) is 4.92. The fourth-order valence-electron chi connectivity index (χ4n) is 1.72. The van der Waals surface area contributed by atoms with Crippen LogP contribution in [0, 0.1) is 5.92 Å². The first kappa shape index (κ1) is 16.2. The van der Waals surface area contributed by atoms with Crippen LogP contribution >= 0.6 is 0 Å². The SMILES string of the molecule is CCc1c(NN)ncnc1NCCC(=O)NCC(C)C.